The lowest BCUT2D eigenvalue weighted by atomic mass is 10.0. The van der Waals surface area contributed by atoms with E-state index in [1.807, 2.05) is 4.90 Å². The first kappa shape index (κ1) is 12.3. The van der Waals surface area contributed by atoms with Gasteiger partial charge in [-0.15, -0.1) is 0 Å². The molecule has 1 heterocycles. The predicted molar refractivity (Wildman–Crippen MR) is 64.6 cm³/mol. The van der Waals surface area contributed by atoms with E-state index in [0.29, 0.717) is 17.7 Å². The number of aryl methyl sites for hydroxylation is 1. The van der Waals surface area contributed by atoms with E-state index < -0.39 is 6.10 Å². The zero-order valence-electron chi connectivity index (χ0n) is 10.2. The highest BCUT2D eigenvalue weighted by molar-refractivity contribution is 5.57. The molecule has 94 valence electrons. The Bertz CT molecular complexity index is 420. The summed E-state index contributed by atoms with van der Waals surface area (Å²) in [7, 11) is 0. The molecule has 1 aromatic rings. The van der Waals surface area contributed by atoms with Gasteiger partial charge in [0.2, 0.25) is 0 Å². The number of rotatable bonds is 2. The number of anilines is 1. The van der Waals surface area contributed by atoms with Gasteiger partial charge in [-0.2, -0.15) is 0 Å². The molecule has 2 rings (SSSR count). The van der Waals surface area contributed by atoms with Crippen LogP contribution in [0.5, 0.6) is 0 Å². The largest absolute Gasteiger partial charge is 0.391 e. The van der Waals surface area contributed by atoms with Crippen molar-refractivity contribution in [1.82, 2.24) is 0 Å². The Hall–Kier alpha value is -1.13. The number of aliphatic hydroxyl groups excluding tert-OH is 2. The standard InChI is InChI=1S/C13H18FNO2/c1-8-5-13(15-4-3-10(17)7-15)11(9(2)16)6-12(8)14/h5-6,9-10,16-17H,3-4,7H2,1-2H3/t9-,10?/m0/s1. The van der Waals surface area contributed by atoms with Gasteiger partial charge in [-0.3, -0.25) is 0 Å². The molecule has 0 spiro atoms. The second kappa shape index (κ2) is 4.63. The Morgan fingerprint density at radius 2 is 2.18 bits per heavy atom. The van der Waals surface area contributed by atoms with Gasteiger partial charge in [-0.05, 0) is 38.0 Å². The summed E-state index contributed by atoms with van der Waals surface area (Å²) in [6.45, 7) is 4.62. The van der Waals surface area contributed by atoms with Gasteiger partial charge in [-0.25, -0.2) is 4.39 Å². The van der Waals surface area contributed by atoms with Gasteiger partial charge < -0.3 is 15.1 Å². The van der Waals surface area contributed by atoms with Crippen molar-refractivity contribution in [2.45, 2.75) is 32.5 Å². The number of halogens is 1. The van der Waals surface area contributed by atoms with Crippen molar-refractivity contribution in [3.8, 4) is 0 Å². The summed E-state index contributed by atoms with van der Waals surface area (Å²) < 4.78 is 13.5. The summed E-state index contributed by atoms with van der Waals surface area (Å²) in [6.07, 6.45) is -0.324. The SMILES string of the molecule is Cc1cc(N2CCC(O)C2)c([C@H](C)O)cc1F. The third-order valence-corrected chi connectivity index (χ3v) is 3.26. The molecule has 2 N–H and O–H groups in total. The minimum absolute atomic E-state index is 0.301. The fourth-order valence-corrected chi connectivity index (χ4v) is 2.25. The molecule has 1 fully saturated rings. The molecule has 1 saturated heterocycles. The Morgan fingerprint density at radius 3 is 2.71 bits per heavy atom. The smallest absolute Gasteiger partial charge is 0.126 e. The molecule has 0 aliphatic carbocycles. The van der Waals surface area contributed by atoms with E-state index >= 15 is 0 Å². The summed E-state index contributed by atoms with van der Waals surface area (Å²) in [5.74, 6) is -0.301. The van der Waals surface area contributed by atoms with Crippen LogP contribution in [-0.4, -0.2) is 29.4 Å². The highest BCUT2D eigenvalue weighted by atomic mass is 19.1. The Morgan fingerprint density at radius 1 is 1.47 bits per heavy atom. The number of aliphatic hydroxyl groups is 2. The molecule has 1 aliphatic heterocycles. The molecule has 0 aromatic heterocycles. The van der Waals surface area contributed by atoms with Crippen LogP contribution in [0.2, 0.25) is 0 Å². The monoisotopic (exact) mass is 239 g/mol. The fourth-order valence-electron chi connectivity index (χ4n) is 2.25. The minimum atomic E-state index is -0.710. The second-order valence-corrected chi connectivity index (χ2v) is 4.72. The number of benzene rings is 1. The van der Waals surface area contributed by atoms with Gasteiger partial charge in [0.25, 0.3) is 0 Å². The molecule has 0 radical (unpaired) electrons. The molecule has 0 amide bonds. The minimum Gasteiger partial charge on any atom is -0.391 e. The maximum absolute atomic E-state index is 13.5. The van der Waals surface area contributed by atoms with E-state index in [9.17, 15) is 14.6 Å². The van der Waals surface area contributed by atoms with Crippen LogP contribution in [0.3, 0.4) is 0 Å². The zero-order chi connectivity index (χ0) is 12.6. The number of hydrogen-bond donors (Lipinski definition) is 2. The molecule has 0 bridgehead atoms. The van der Waals surface area contributed by atoms with Gasteiger partial charge in [0, 0.05) is 24.3 Å². The van der Waals surface area contributed by atoms with Crippen LogP contribution in [0.15, 0.2) is 12.1 Å². The van der Waals surface area contributed by atoms with Crippen LogP contribution >= 0.6 is 0 Å². The lowest BCUT2D eigenvalue weighted by Gasteiger charge is -2.23. The highest BCUT2D eigenvalue weighted by Crippen LogP contribution is 2.31. The van der Waals surface area contributed by atoms with Crippen LogP contribution in [0.1, 0.15) is 30.6 Å². The zero-order valence-corrected chi connectivity index (χ0v) is 10.2. The Labute approximate surface area is 100 Å². The van der Waals surface area contributed by atoms with Gasteiger partial charge in [0.15, 0.2) is 0 Å². The third kappa shape index (κ3) is 2.42. The van der Waals surface area contributed by atoms with E-state index in [-0.39, 0.29) is 11.9 Å². The maximum Gasteiger partial charge on any atom is 0.126 e. The van der Waals surface area contributed by atoms with Gasteiger partial charge in [0.05, 0.1) is 12.2 Å². The average Bonchev–Trinajstić information content (AvgIpc) is 2.68. The van der Waals surface area contributed by atoms with Crippen molar-refractivity contribution in [3.63, 3.8) is 0 Å². The van der Waals surface area contributed by atoms with Crippen molar-refractivity contribution in [1.29, 1.82) is 0 Å². The molecule has 3 nitrogen and oxygen atoms in total. The summed E-state index contributed by atoms with van der Waals surface area (Å²) in [4.78, 5) is 2.00. The lowest BCUT2D eigenvalue weighted by Crippen LogP contribution is -2.23. The molecule has 17 heavy (non-hydrogen) atoms. The topological polar surface area (TPSA) is 43.7 Å². The summed E-state index contributed by atoms with van der Waals surface area (Å²) >= 11 is 0. The Balaban J connectivity index is 2.40. The maximum atomic E-state index is 13.5. The van der Waals surface area contributed by atoms with Crippen molar-refractivity contribution in [2.75, 3.05) is 18.0 Å². The molecule has 1 unspecified atom stereocenters. The summed E-state index contributed by atoms with van der Waals surface area (Å²) in [5, 5.41) is 19.2. The van der Waals surface area contributed by atoms with E-state index in [0.717, 1.165) is 18.7 Å². The van der Waals surface area contributed by atoms with E-state index in [2.05, 4.69) is 0 Å². The quantitative estimate of drug-likeness (QED) is 0.826. The first-order valence-corrected chi connectivity index (χ1v) is 5.90. The van der Waals surface area contributed by atoms with E-state index in [4.69, 9.17) is 0 Å². The molecular weight excluding hydrogens is 221 g/mol. The van der Waals surface area contributed by atoms with Crippen LogP contribution in [0, 0.1) is 12.7 Å². The van der Waals surface area contributed by atoms with Crippen molar-refractivity contribution >= 4 is 5.69 Å². The lowest BCUT2D eigenvalue weighted by molar-refractivity contribution is 0.196. The first-order chi connectivity index (χ1) is 7.99. The fraction of sp³-hybridized carbons (Fsp3) is 0.538. The molecule has 1 aliphatic rings. The molecule has 4 heteroatoms. The molecular formula is C13H18FNO2. The van der Waals surface area contributed by atoms with Crippen molar-refractivity contribution in [3.05, 3.63) is 29.1 Å². The number of nitrogens with zero attached hydrogens (tertiary/aromatic N) is 1. The second-order valence-electron chi connectivity index (χ2n) is 4.72. The number of β-amino-alcohol motifs (C(OH)–C–C–N with tert-alkyl or cyclic N) is 1. The van der Waals surface area contributed by atoms with Gasteiger partial charge >= 0.3 is 0 Å². The average molecular weight is 239 g/mol. The van der Waals surface area contributed by atoms with Crippen LogP contribution in [0.25, 0.3) is 0 Å². The van der Waals surface area contributed by atoms with Gasteiger partial charge in [-0.1, -0.05) is 0 Å². The molecule has 2 atom stereocenters. The molecule has 1 aromatic carbocycles. The van der Waals surface area contributed by atoms with E-state index in [1.165, 1.54) is 6.07 Å². The number of hydrogen-bond acceptors (Lipinski definition) is 3. The van der Waals surface area contributed by atoms with E-state index in [1.54, 1.807) is 19.9 Å². The van der Waals surface area contributed by atoms with Gasteiger partial charge in [0.1, 0.15) is 5.82 Å². The summed E-state index contributed by atoms with van der Waals surface area (Å²) in [6, 6.07) is 3.13. The summed E-state index contributed by atoms with van der Waals surface area (Å²) in [5.41, 5.74) is 1.98. The van der Waals surface area contributed by atoms with Crippen molar-refractivity contribution < 1.29 is 14.6 Å². The molecule has 0 saturated carbocycles. The third-order valence-electron chi connectivity index (χ3n) is 3.26. The van der Waals surface area contributed by atoms with Crippen molar-refractivity contribution in [2.24, 2.45) is 0 Å². The van der Waals surface area contributed by atoms with Crippen LogP contribution in [-0.2, 0) is 0 Å². The van der Waals surface area contributed by atoms with Crippen LogP contribution < -0.4 is 4.90 Å². The highest BCUT2D eigenvalue weighted by Gasteiger charge is 2.24. The Kier molecular flexibility index (Phi) is 3.35. The normalized spacial score (nSPS) is 21.9. The van der Waals surface area contributed by atoms with Crippen LogP contribution in [0.4, 0.5) is 10.1 Å². The first-order valence-electron chi connectivity index (χ1n) is 5.90. The predicted octanol–water partition coefficient (Wildman–Crippen LogP) is 1.76.